The van der Waals surface area contributed by atoms with Crippen molar-refractivity contribution in [3.8, 4) is 0 Å². The summed E-state index contributed by atoms with van der Waals surface area (Å²) in [7, 11) is 1.79. The Hall–Kier alpha value is -0.680. The molecule has 0 aromatic carbocycles. The summed E-state index contributed by atoms with van der Waals surface area (Å²) in [6.45, 7) is 4.99. The van der Waals surface area contributed by atoms with Gasteiger partial charge < -0.3 is 10.1 Å². The molecule has 0 amide bonds. The highest BCUT2D eigenvalue weighted by molar-refractivity contribution is 9.10. The number of hydrogen-bond donors (Lipinski definition) is 1. The predicted molar refractivity (Wildman–Crippen MR) is 75.9 cm³/mol. The van der Waals surface area contributed by atoms with Crippen molar-refractivity contribution in [2.45, 2.75) is 44.6 Å². The van der Waals surface area contributed by atoms with Gasteiger partial charge in [0.2, 0.25) is 0 Å². The average Bonchev–Trinajstić information content (AvgIpc) is 2.27. The van der Waals surface area contributed by atoms with Gasteiger partial charge in [-0.25, -0.2) is 9.97 Å². The van der Waals surface area contributed by atoms with E-state index in [1.165, 1.54) is 6.42 Å². The van der Waals surface area contributed by atoms with Crippen LogP contribution < -0.4 is 5.32 Å². The number of aromatic nitrogens is 2. The van der Waals surface area contributed by atoms with Crippen molar-refractivity contribution < 1.29 is 4.74 Å². The van der Waals surface area contributed by atoms with Gasteiger partial charge in [-0.15, -0.1) is 0 Å². The number of halogens is 1. The van der Waals surface area contributed by atoms with Gasteiger partial charge in [0.05, 0.1) is 5.60 Å². The van der Waals surface area contributed by atoms with Crippen molar-refractivity contribution in [3.05, 3.63) is 16.5 Å². The minimum absolute atomic E-state index is 0.00935. The number of ether oxygens (including phenoxy) is 1. The third-order valence-corrected chi connectivity index (χ3v) is 3.92. The largest absolute Gasteiger partial charge is 0.376 e. The summed E-state index contributed by atoms with van der Waals surface area (Å²) in [4.78, 5) is 8.89. The van der Waals surface area contributed by atoms with E-state index in [9.17, 15) is 0 Å². The fraction of sp³-hybridized carbons (Fsp3) is 0.692. The van der Waals surface area contributed by atoms with E-state index in [4.69, 9.17) is 4.74 Å². The topological polar surface area (TPSA) is 47.0 Å². The first-order valence-electron chi connectivity index (χ1n) is 6.38. The molecule has 0 aliphatic heterocycles. The summed E-state index contributed by atoms with van der Waals surface area (Å²) in [5.41, 5.74) is 0.00935. The molecule has 1 aromatic heterocycles. The molecule has 0 saturated heterocycles. The lowest BCUT2D eigenvalue weighted by Gasteiger charge is -2.40. The lowest BCUT2D eigenvalue weighted by atomic mass is 9.80. The van der Waals surface area contributed by atoms with Gasteiger partial charge in [-0.05, 0) is 35.2 Å². The molecule has 5 heteroatoms. The van der Waals surface area contributed by atoms with Crippen LogP contribution >= 0.6 is 15.9 Å². The van der Waals surface area contributed by atoms with Gasteiger partial charge >= 0.3 is 0 Å². The van der Waals surface area contributed by atoms with E-state index in [-0.39, 0.29) is 5.60 Å². The fourth-order valence-electron chi connectivity index (χ4n) is 2.06. The standard InChI is InChI=1S/C13H20BrN3O/c1-9(2)12-16-10(14)7-11(17-12)15-8-13(18-3)5-4-6-13/h7,9H,4-6,8H2,1-3H3,(H,15,16,17). The highest BCUT2D eigenvalue weighted by Gasteiger charge is 2.36. The first-order chi connectivity index (χ1) is 8.54. The Morgan fingerprint density at radius 1 is 1.44 bits per heavy atom. The maximum atomic E-state index is 5.59. The molecular weight excluding hydrogens is 294 g/mol. The number of nitrogens with zero attached hydrogens (tertiary/aromatic N) is 2. The fourth-order valence-corrected chi connectivity index (χ4v) is 2.46. The Morgan fingerprint density at radius 2 is 2.17 bits per heavy atom. The van der Waals surface area contributed by atoms with Crippen LogP contribution in [-0.2, 0) is 4.74 Å². The van der Waals surface area contributed by atoms with Crippen LogP contribution in [0.15, 0.2) is 10.7 Å². The second kappa shape index (κ2) is 5.53. The Morgan fingerprint density at radius 3 is 2.67 bits per heavy atom. The second-order valence-electron chi connectivity index (χ2n) is 5.18. The lowest BCUT2D eigenvalue weighted by molar-refractivity contribution is -0.0601. The van der Waals surface area contributed by atoms with Gasteiger partial charge in [-0.3, -0.25) is 0 Å². The normalized spacial score (nSPS) is 17.6. The Labute approximate surface area is 117 Å². The van der Waals surface area contributed by atoms with Crippen LogP contribution in [0.4, 0.5) is 5.82 Å². The lowest BCUT2D eigenvalue weighted by Crippen LogP contribution is -2.45. The minimum atomic E-state index is 0.00935. The molecule has 1 aliphatic carbocycles. The molecule has 1 N–H and O–H groups in total. The first kappa shape index (κ1) is 13.7. The molecule has 1 aromatic rings. The highest BCUT2D eigenvalue weighted by Crippen LogP contribution is 2.35. The van der Waals surface area contributed by atoms with Crippen LogP contribution in [0.1, 0.15) is 44.9 Å². The van der Waals surface area contributed by atoms with Gasteiger partial charge in [-0.1, -0.05) is 13.8 Å². The molecule has 0 atom stereocenters. The van der Waals surface area contributed by atoms with Crippen molar-refractivity contribution in [1.29, 1.82) is 0 Å². The molecule has 2 rings (SSSR count). The van der Waals surface area contributed by atoms with E-state index in [1.807, 2.05) is 6.07 Å². The summed E-state index contributed by atoms with van der Waals surface area (Å²) in [6, 6.07) is 1.91. The molecule has 0 bridgehead atoms. The molecule has 0 spiro atoms. The van der Waals surface area contributed by atoms with E-state index >= 15 is 0 Å². The van der Waals surface area contributed by atoms with Gasteiger partial charge in [0, 0.05) is 25.6 Å². The van der Waals surface area contributed by atoms with Crippen molar-refractivity contribution >= 4 is 21.7 Å². The van der Waals surface area contributed by atoms with Crippen molar-refractivity contribution in [1.82, 2.24) is 9.97 Å². The van der Waals surface area contributed by atoms with Gasteiger partial charge in [0.25, 0.3) is 0 Å². The molecule has 100 valence electrons. The molecule has 0 unspecified atom stereocenters. The molecule has 4 nitrogen and oxygen atoms in total. The minimum Gasteiger partial charge on any atom is -0.376 e. The molecule has 1 heterocycles. The van der Waals surface area contributed by atoms with Crippen LogP contribution in [0.3, 0.4) is 0 Å². The Kier molecular flexibility index (Phi) is 4.22. The van der Waals surface area contributed by atoms with E-state index in [1.54, 1.807) is 7.11 Å². The summed E-state index contributed by atoms with van der Waals surface area (Å²) in [5.74, 6) is 2.04. The number of methoxy groups -OCH3 is 1. The molecule has 0 radical (unpaired) electrons. The number of anilines is 1. The Balaban J connectivity index is 2.05. The maximum Gasteiger partial charge on any atom is 0.134 e. The van der Waals surface area contributed by atoms with E-state index in [0.29, 0.717) is 5.92 Å². The predicted octanol–water partition coefficient (Wildman–Crippen LogP) is 3.34. The molecule has 1 saturated carbocycles. The van der Waals surface area contributed by atoms with Crippen LogP contribution in [-0.4, -0.2) is 29.2 Å². The summed E-state index contributed by atoms with van der Waals surface area (Å²) in [5, 5.41) is 3.37. The zero-order chi connectivity index (χ0) is 13.2. The molecule has 1 aliphatic rings. The third-order valence-electron chi connectivity index (χ3n) is 3.52. The summed E-state index contributed by atoms with van der Waals surface area (Å²) < 4.78 is 6.41. The molecule has 18 heavy (non-hydrogen) atoms. The molecular formula is C13H20BrN3O. The van der Waals surface area contributed by atoms with Crippen LogP contribution in [0, 0.1) is 0 Å². The van der Waals surface area contributed by atoms with Gasteiger partial charge in [0.1, 0.15) is 16.2 Å². The SMILES string of the molecule is COC1(CNc2cc(Br)nc(C(C)C)n2)CCC1. The Bertz CT molecular complexity index is 413. The number of rotatable bonds is 5. The summed E-state index contributed by atoms with van der Waals surface area (Å²) in [6.07, 6.45) is 3.50. The van der Waals surface area contributed by atoms with E-state index < -0.39 is 0 Å². The van der Waals surface area contributed by atoms with Gasteiger partial charge in [-0.2, -0.15) is 0 Å². The van der Waals surface area contributed by atoms with Crippen molar-refractivity contribution in [2.75, 3.05) is 19.0 Å². The van der Waals surface area contributed by atoms with E-state index in [0.717, 1.165) is 35.6 Å². The first-order valence-corrected chi connectivity index (χ1v) is 7.17. The zero-order valence-electron chi connectivity index (χ0n) is 11.2. The van der Waals surface area contributed by atoms with Gasteiger partial charge in [0.15, 0.2) is 0 Å². The van der Waals surface area contributed by atoms with Crippen molar-refractivity contribution in [3.63, 3.8) is 0 Å². The highest BCUT2D eigenvalue weighted by atomic mass is 79.9. The molecule has 1 fully saturated rings. The number of hydrogen-bond acceptors (Lipinski definition) is 4. The smallest absolute Gasteiger partial charge is 0.134 e. The average molecular weight is 314 g/mol. The maximum absolute atomic E-state index is 5.59. The second-order valence-corrected chi connectivity index (χ2v) is 6.00. The quantitative estimate of drug-likeness (QED) is 0.847. The monoisotopic (exact) mass is 313 g/mol. The third kappa shape index (κ3) is 3.01. The van der Waals surface area contributed by atoms with Crippen molar-refractivity contribution in [2.24, 2.45) is 0 Å². The zero-order valence-corrected chi connectivity index (χ0v) is 12.7. The van der Waals surface area contributed by atoms with E-state index in [2.05, 4.69) is 45.1 Å². The van der Waals surface area contributed by atoms with Crippen LogP contribution in [0.5, 0.6) is 0 Å². The van der Waals surface area contributed by atoms with Crippen LogP contribution in [0.25, 0.3) is 0 Å². The summed E-state index contributed by atoms with van der Waals surface area (Å²) >= 11 is 3.43. The number of nitrogens with one attached hydrogen (secondary N) is 1. The van der Waals surface area contributed by atoms with Crippen LogP contribution in [0.2, 0.25) is 0 Å².